The maximum atomic E-state index is 11.6. The minimum absolute atomic E-state index is 0.0124. The van der Waals surface area contributed by atoms with Crippen molar-refractivity contribution in [2.45, 2.75) is 13.0 Å². The SMILES string of the molecule is Cc1ccccc1OC[C@@H](O)COC(=O)COc1ccccc1O. The first-order valence-corrected chi connectivity index (χ1v) is 7.49. The molecule has 0 fully saturated rings. The Labute approximate surface area is 140 Å². The summed E-state index contributed by atoms with van der Waals surface area (Å²) in [5.74, 6) is 0.161. The molecule has 0 bridgehead atoms. The van der Waals surface area contributed by atoms with Crippen LogP contribution in [0.25, 0.3) is 0 Å². The average molecular weight is 332 g/mol. The molecular formula is C18H20O6. The summed E-state index contributed by atoms with van der Waals surface area (Å²) >= 11 is 0. The number of aliphatic hydroxyl groups excluding tert-OH is 1. The Bertz CT molecular complexity index is 670. The van der Waals surface area contributed by atoms with Gasteiger partial charge in [-0.1, -0.05) is 30.3 Å². The molecule has 0 radical (unpaired) electrons. The zero-order valence-corrected chi connectivity index (χ0v) is 13.3. The number of para-hydroxylation sites is 3. The maximum absolute atomic E-state index is 11.6. The highest BCUT2D eigenvalue weighted by Crippen LogP contribution is 2.24. The van der Waals surface area contributed by atoms with Gasteiger partial charge in [-0.3, -0.25) is 0 Å². The summed E-state index contributed by atoms with van der Waals surface area (Å²) in [7, 11) is 0. The summed E-state index contributed by atoms with van der Waals surface area (Å²) in [6.45, 7) is 1.36. The highest BCUT2D eigenvalue weighted by molar-refractivity contribution is 5.71. The van der Waals surface area contributed by atoms with Crippen LogP contribution in [0, 0.1) is 6.92 Å². The van der Waals surface area contributed by atoms with Crippen molar-refractivity contribution < 1.29 is 29.2 Å². The predicted octanol–water partition coefficient (Wildman–Crippen LogP) is 2.06. The number of benzene rings is 2. The third kappa shape index (κ3) is 5.48. The second-order valence-electron chi connectivity index (χ2n) is 5.17. The molecule has 0 unspecified atom stereocenters. The Morgan fingerprint density at radius 1 is 1.00 bits per heavy atom. The Kier molecular flexibility index (Phi) is 6.45. The highest BCUT2D eigenvalue weighted by Gasteiger charge is 2.12. The number of aromatic hydroxyl groups is 1. The van der Waals surface area contributed by atoms with Gasteiger partial charge in [0.1, 0.15) is 25.1 Å². The first kappa shape index (κ1) is 17.6. The number of phenolic OH excluding ortho intramolecular Hbond substituents is 1. The van der Waals surface area contributed by atoms with Gasteiger partial charge in [-0.15, -0.1) is 0 Å². The molecule has 0 aliphatic carbocycles. The van der Waals surface area contributed by atoms with Crippen LogP contribution in [0.3, 0.4) is 0 Å². The van der Waals surface area contributed by atoms with Crippen molar-refractivity contribution in [2.75, 3.05) is 19.8 Å². The molecule has 0 aromatic heterocycles. The highest BCUT2D eigenvalue weighted by atomic mass is 16.6. The van der Waals surface area contributed by atoms with Crippen molar-refractivity contribution in [2.24, 2.45) is 0 Å². The van der Waals surface area contributed by atoms with E-state index in [-0.39, 0.29) is 31.3 Å². The quantitative estimate of drug-likeness (QED) is 0.720. The van der Waals surface area contributed by atoms with E-state index in [1.54, 1.807) is 18.2 Å². The van der Waals surface area contributed by atoms with E-state index in [2.05, 4.69) is 0 Å². The second-order valence-corrected chi connectivity index (χ2v) is 5.17. The molecule has 0 saturated carbocycles. The number of ether oxygens (including phenoxy) is 3. The van der Waals surface area contributed by atoms with E-state index in [0.717, 1.165) is 5.56 Å². The molecule has 2 aromatic carbocycles. The number of hydrogen-bond acceptors (Lipinski definition) is 6. The van der Waals surface area contributed by atoms with Crippen LogP contribution < -0.4 is 9.47 Å². The van der Waals surface area contributed by atoms with Gasteiger partial charge in [-0.25, -0.2) is 4.79 Å². The van der Waals surface area contributed by atoms with Crippen LogP contribution in [-0.2, 0) is 9.53 Å². The van der Waals surface area contributed by atoms with Crippen LogP contribution in [0.1, 0.15) is 5.56 Å². The second kappa shape index (κ2) is 8.79. The van der Waals surface area contributed by atoms with Gasteiger partial charge in [0, 0.05) is 0 Å². The first-order valence-electron chi connectivity index (χ1n) is 7.49. The molecule has 128 valence electrons. The molecule has 0 saturated heterocycles. The summed E-state index contributed by atoms with van der Waals surface area (Å²) in [4.78, 5) is 11.6. The van der Waals surface area contributed by atoms with Gasteiger partial charge in [0.25, 0.3) is 0 Å². The zero-order chi connectivity index (χ0) is 17.4. The Morgan fingerprint density at radius 3 is 2.38 bits per heavy atom. The largest absolute Gasteiger partial charge is 0.504 e. The lowest BCUT2D eigenvalue weighted by atomic mass is 10.2. The van der Waals surface area contributed by atoms with Gasteiger partial charge in [0.2, 0.25) is 0 Å². The van der Waals surface area contributed by atoms with Crippen molar-refractivity contribution in [1.82, 2.24) is 0 Å². The van der Waals surface area contributed by atoms with Gasteiger partial charge >= 0.3 is 5.97 Å². The number of esters is 1. The molecule has 2 aromatic rings. The Morgan fingerprint density at radius 2 is 1.67 bits per heavy atom. The van der Waals surface area contributed by atoms with E-state index in [9.17, 15) is 15.0 Å². The molecule has 0 aliphatic heterocycles. The normalized spacial score (nSPS) is 11.6. The summed E-state index contributed by atoms with van der Waals surface area (Å²) < 4.78 is 15.5. The van der Waals surface area contributed by atoms with Crippen molar-refractivity contribution in [3.05, 3.63) is 54.1 Å². The number of aliphatic hydroxyl groups is 1. The predicted molar refractivity (Wildman–Crippen MR) is 87.2 cm³/mol. The fraction of sp³-hybridized carbons (Fsp3) is 0.278. The van der Waals surface area contributed by atoms with Gasteiger partial charge in [0.15, 0.2) is 18.1 Å². The van der Waals surface area contributed by atoms with Gasteiger partial charge in [-0.2, -0.15) is 0 Å². The monoisotopic (exact) mass is 332 g/mol. The van der Waals surface area contributed by atoms with Crippen molar-refractivity contribution >= 4 is 5.97 Å². The van der Waals surface area contributed by atoms with Gasteiger partial charge in [-0.05, 0) is 30.7 Å². The molecule has 24 heavy (non-hydrogen) atoms. The van der Waals surface area contributed by atoms with Crippen molar-refractivity contribution in [3.8, 4) is 17.2 Å². The lowest BCUT2D eigenvalue weighted by Gasteiger charge is -2.14. The number of carbonyl (C=O) groups is 1. The minimum atomic E-state index is -0.946. The number of carbonyl (C=O) groups excluding carboxylic acids is 1. The topological polar surface area (TPSA) is 85.2 Å². The number of hydrogen-bond donors (Lipinski definition) is 2. The maximum Gasteiger partial charge on any atom is 0.344 e. The van der Waals surface area contributed by atoms with Crippen LogP contribution in [0.2, 0.25) is 0 Å². The Hall–Kier alpha value is -2.73. The Balaban J connectivity index is 1.68. The summed E-state index contributed by atoms with van der Waals surface area (Å²) in [5, 5.41) is 19.3. The van der Waals surface area contributed by atoms with E-state index < -0.39 is 12.1 Å². The van der Waals surface area contributed by atoms with Crippen LogP contribution in [-0.4, -0.2) is 42.1 Å². The van der Waals surface area contributed by atoms with Crippen molar-refractivity contribution in [3.63, 3.8) is 0 Å². The first-order chi connectivity index (χ1) is 11.6. The average Bonchev–Trinajstić information content (AvgIpc) is 2.58. The summed E-state index contributed by atoms with van der Waals surface area (Å²) in [6, 6.07) is 13.7. The molecule has 2 N–H and O–H groups in total. The number of aryl methyl sites for hydroxylation is 1. The summed E-state index contributed by atoms with van der Waals surface area (Å²) in [6.07, 6.45) is -0.946. The van der Waals surface area contributed by atoms with Gasteiger partial charge < -0.3 is 24.4 Å². The smallest absolute Gasteiger partial charge is 0.344 e. The third-order valence-electron chi connectivity index (χ3n) is 3.17. The third-order valence-corrected chi connectivity index (χ3v) is 3.17. The van der Waals surface area contributed by atoms with E-state index in [1.165, 1.54) is 12.1 Å². The molecule has 0 spiro atoms. The van der Waals surface area contributed by atoms with Crippen LogP contribution >= 0.6 is 0 Å². The molecule has 0 aliphatic rings. The fourth-order valence-electron chi connectivity index (χ4n) is 1.90. The molecule has 0 amide bonds. The lowest BCUT2D eigenvalue weighted by molar-refractivity contribution is -0.149. The van der Waals surface area contributed by atoms with Crippen molar-refractivity contribution in [1.29, 1.82) is 0 Å². The number of phenols is 1. The standard InChI is InChI=1S/C18H20O6/c1-13-6-2-4-8-16(13)22-10-14(19)11-24-18(21)12-23-17-9-5-3-7-15(17)20/h2-9,14,19-20H,10-12H2,1H3/t14-/m1/s1. The number of rotatable bonds is 8. The lowest BCUT2D eigenvalue weighted by Crippen LogP contribution is -2.27. The molecule has 2 rings (SSSR count). The fourth-order valence-corrected chi connectivity index (χ4v) is 1.90. The van der Waals surface area contributed by atoms with E-state index >= 15 is 0 Å². The summed E-state index contributed by atoms with van der Waals surface area (Å²) in [5.41, 5.74) is 0.956. The minimum Gasteiger partial charge on any atom is -0.504 e. The van der Waals surface area contributed by atoms with E-state index in [0.29, 0.717) is 5.75 Å². The molecule has 6 heteroatoms. The zero-order valence-electron chi connectivity index (χ0n) is 13.3. The van der Waals surface area contributed by atoms with Crippen LogP contribution in [0.4, 0.5) is 0 Å². The molecule has 0 heterocycles. The molecule has 6 nitrogen and oxygen atoms in total. The molecular weight excluding hydrogens is 312 g/mol. The van der Waals surface area contributed by atoms with Crippen LogP contribution in [0.5, 0.6) is 17.2 Å². The molecule has 1 atom stereocenters. The van der Waals surface area contributed by atoms with E-state index in [4.69, 9.17) is 14.2 Å². The van der Waals surface area contributed by atoms with Crippen LogP contribution in [0.15, 0.2) is 48.5 Å². The van der Waals surface area contributed by atoms with Gasteiger partial charge in [0.05, 0.1) is 0 Å². The van der Waals surface area contributed by atoms with E-state index in [1.807, 2.05) is 25.1 Å².